The van der Waals surface area contributed by atoms with Crippen LogP contribution in [0.25, 0.3) is 4.91 Å². The van der Waals surface area contributed by atoms with E-state index in [9.17, 15) is 9.59 Å². The Morgan fingerprint density at radius 2 is 1.44 bits per heavy atom. The second-order valence-electron chi connectivity index (χ2n) is 6.93. The molecule has 0 saturated carbocycles. The predicted molar refractivity (Wildman–Crippen MR) is 123 cm³/mol. The summed E-state index contributed by atoms with van der Waals surface area (Å²) in [4.78, 5) is 37.5. The number of hydrogen-bond donors (Lipinski definition) is 1. The van der Waals surface area contributed by atoms with Crippen molar-refractivity contribution in [1.82, 2.24) is 20.2 Å². The van der Waals surface area contributed by atoms with E-state index in [1.165, 1.54) is 11.8 Å². The molecule has 8 heteroatoms. The van der Waals surface area contributed by atoms with E-state index in [-0.39, 0.29) is 17.5 Å². The maximum Gasteiger partial charge on any atom is 0.271 e. The van der Waals surface area contributed by atoms with Crippen LogP contribution in [0.5, 0.6) is 0 Å². The molecule has 1 saturated heterocycles. The second kappa shape index (κ2) is 10.7. The van der Waals surface area contributed by atoms with Crippen LogP contribution in [-0.2, 0) is 9.53 Å². The van der Waals surface area contributed by atoms with Crippen molar-refractivity contribution in [3.63, 3.8) is 0 Å². The molecule has 7 nitrogen and oxygen atoms in total. The van der Waals surface area contributed by atoms with E-state index in [4.69, 9.17) is 4.74 Å². The number of carbonyl (C=O) groups is 2. The van der Waals surface area contributed by atoms with Gasteiger partial charge in [0, 0.05) is 31.0 Å². The predicted octanol–water partition coefficient (Wildman–Crippen LogP) is 3.23. The molecule has 2 amide bonds. The zero-order valence-corrected chi connectivity index (χ0v) is 18.1. The number of aromatic nitrogens is 2. The Hall–Kier alpha value is -3.49. The minimum atomic E-state index is -0.356. The smallest absolute Gasteiger partial charge is 0.271 e. The third kappa shape index (κ3) is 5.40. The molecule has 162 valence electrons. The topological polar surface area (TPSA) is 84.4 Å². The van der Waals surface area contributed by atoms with Gasteiger partial charge >= 0.3 is 0 Å². The molecule has 1 aliphatic heterocycles. The Morgan fingerprint density at radius 3 is 2.06 bits per heavy atom. The van der Waals surface area contributed by atoms with Crippen molar-refractivity contribution < 1.29 is 14.3 Å². The Bertz CT molecular complexity index is 1090. The number of thioether (sulfide) groups is 1. The van der Waals surface area contributed by atoms with Crippen LogP contribution in [0.4, 0.5) is 0 Å². The number of nitrogens with one attached hydrogen (secondary N) is 1. The summed E-state index contributed by atoms with van der Waals surface area (Å²) in [5, 5.41) is 3.36. The van der Waals surface area contributed by atoms with Crippen LogP contribution in [0, 0.1) is 0 Å². The zero-order valence-electron chi connectivity index (χ0n) is 17.3. The number of carbonyl (C=O) groups excluding carboxylic acids is 2. The minimum absolute atomic E-state index is 0.199. The molecular formula is C24H22N4O3S. The first-order valence-electron chi connectivity index (χ1n) is 10.2. The summed E-state index contributed by atoms with van der Waals surface area (Å²) in [5.41, 5.74) is 1.45. The highest BCUT2D eigenvalue weighted by molar-refractivity contribution is 8.08. The fourth-order valence-electron chi connectivity index (χ4n) is 3.18. The van der Waals surface area contributed by atoms with Crippen LogP contribution in [0.3, 0.4) is 0 Å². The van der Waals surface area contributed by atoms with E-state index in [1.807, 2.05) is 36.4 Å². The normalized spacial score (nSPS) is 14.4. The third-order valence-electron chi connectivity index (χ3n) is 4.79. The van der Waals surface area contributed by atoms with E-state index < -0.39 is 0 Å². The number of rotatable bonds is 6. The lowest BCUT2D eigenvalue weighted by Gasteiger charge is -2.28. The summed E-state index contributed by atoms with van der Waals surface area (Å²) in [6, 6.07) is 20.0. The summed E-state index contributed by atoms with van der Waals surface area (Å²) in [7, 11) is 0. The molecule has 1 fully saturated rings. The van der Waals surface area contributed by atoms with Crippen molar-refractivity contribution in [1.29, 1.82) is 0 Å². The summed E-state index contributed by atoms with van der Waals surface area (Å²) in [6.45, 7) is 1.83. The summed E-state index contributed by atoms with van der Waals surface area (Å²) in [6.07, 6.45) is 3.29. The number of nitrogens with zero attached hydrogens (tertiary/aromatic N) is 3. The molecule has 1 aromatic heterocycles. The highest BCUT2D eigenvalue weighted by Gasteiger charge is 2.27. The average Bonchev–Trinajstić information content (AvgIpc) is 2.88. The maximum absolute atomic E-state index is 13.6. The first-order valence-corrected chi connectivity index (χ1v) is 11.0. The van der Waals surface area contributed by atoms with E-state index in [2.05, 4.69) is 15.3 Å². The van der Waals surface area contributed by atoms with Gasteiger partial charge in [-0.25, -0.2) is 9.97 Å². The number of morpholine rings is 1. The maximum atomic E-state index is 13.6. The van der Waals surface area contributed by atoms with E-state index in [0.717, 1.165) is 5.56 Å². The summed E-state index contributed by atoms with van der Waals surface area (Å²) < 4.78 is 5.40. The lowest BCUT2D eigenvalue weighted by atomic mass is 10.1. The highest BCUT2D eigenvalue weighted by Crippen LogP contribution is 2.35. The molecule has 2 heterocycles. The van der Waals surface area contributed by atoms with Crippen molar-refractivity contribution in [2.75, 3.05) is 26.3 Å². The molecule has 3 aromatic rings. The van der Waals surface area contributed by atoms with E-state index in [0.29, 0.717) is 41.9 Å². The fraction of sp³-hybridized carbons (Fsp3) is 0.167. The van der Waals surface area contributed by atoms with Gasteiger partial charge in [-0.3, -0.25) is 9.59 Å². The van der Waals surface area contributed by atoms with Gasteiger partial charge in [-0.2, -0.15) is 0 Å². The lowest BCUT2D eigenvalue weighted by molar-refractivity contribution is -0.131. The van der Waals surface area contributed by atoms with Gasteiger partial charge < -0.3 is 15.0 Å². The summed E-state index contributed by atoms with van der Waals surface area (Å²) in [5.74, 6) is -0.620. The van der Waals surface area contributed by atoms with Crippen LogP contribution in [0.15, 0.2) is 90.0 Å². The molecule has 4 rings (SSSR count). The van der Waals surface area contributed by atoms with Crippen LogP contribution in [0.1, 0.15) is 15.9 Å². The Kier molecular flexibility index (Phi) is 7.27. The average molecular weight is 447 g/mol. The Morgan fingerprint density at radius 1 is 0.844 bits per heavy atom. The molecule has 0 radical (unpaired) electrons. The number of hydrogen-bond acceptors (Lipinski definition) is 6. The largest absolute Gasteiger partial charge is 0.378 e. The molecule has 2 aromatic carbocycles. The van der Waals surface area contributed by atoms with Crippen LogP contribution < -0.4 is 5.32 Å². The van der Waals surface area contributed by atoms with Crippen molar-refractivity contribution in [2.45, 2.75) is 5.16 Å². The van der Waals surface area contributed by atoms with E-state index >= 15 is 0 Å². The van der Waals surface area contributed by atoms with Crippen molar-refractivity contribution in [3.8, 4) is 0 Å². The molecule has 1 aliphatic rings. The number of benzene rings is 2. The summed E-state index contributed by atoms with van der Waals surface area (Å²) >= 11 is 1.24. The molecule has 0 atom stereocenters. The van der Waals surface area contributed by atoms with Gasteiger partial charge in [0.25, 0.3) is 11.8 Å². The minimum Gasteiger partial charge on any atom is -0.378 e. The highest BCUT2D eigenvalue weighted by atomic mass is 32.2. The molecule has 0 aliphatic carbocycles. The van der Waals surface area contributed by atoms with Gasteiger partial charge in [-0.15, -0.1) is 0 Å². The van der Waals surface area contributed by atoms with Gasteiger partial charge in [0.1, 0.15) is 5.70 Å². The first kappa shape index (κ1) is 21.7. The SMILES string of the molecule is O=C(NC(C(=O)N1CCOCC1)=C(Sc1ncccn1)c1ccccc1)c1ccccc1. The van der Waals surface area contributed by atoms with Crippen LogP contribution in [-0.4, -0.2) is 53.0 Å². The molecular weight excluding hydrogens is 424 g/mol. The Balaban J connectivity index is 1.79. The Labute approximate surface area is 190 Å². The van der Waals surface area contributed by atoms with Gasteiger partial charge in [0.2, 0.25) is 0 Å². The van der Waals surface area contributed by atoms with Crippen LogP contribution in [0.2, 0.25) is 0 Å². The standard InChI is InChI=1S/C24H22N4O3S/c29-22(19-10-5-2-6-11-19)27-20(23(30)28-14-16-31-17-15-28)21(18-8-3-1-4-9-18)32-24-25-12-7-13-26-24/h1-13H,14-17H2,(H,27,29). The first-order chi connectivity index (χ1) is 15.7. The van der Waals surface area contributed by atoms with Crippen molar-refractivity contribution >= 4 is 28.5 Å². The van der Waals surface area contributed by atoms with Gasteiger partial charge in [0.05, 0.1) is 18.1 Å². The van der Waals surface area contributed by atoms with Crippen molar-refractivity contribution in [3.05, 3.63) is 95.9 Å². The third-order valence-corrected chi connectivity index (χ3v) is 5.82. The molecule has 0 spiro atoms. The molecule has 0 unspecified atom stereocenters. The molecule has 0 bridgehead atoms. The molecule has 32 heavy (non-hydrogen) atoms. The second-order valence-corrected chi connectivity index (χ2v) is 7.91. The van der Waals surface area contributed by atoms with Crippen LogP contribution >= 0.6 is 11.8 Å². The monoisotopic (exact) mass is 446 g/mol. The van der Waals surface area contributed by atoms with Gasteiger partial charge in [-0.1, -0.05) is 48.5 Å². The lowest BCUT2D eigenvalue weighted by Crippen LogP contribution is -2.44. The van der Waals surface area contributed by atoms with Gasteiger partial charge in [0.15, 0.2) is 5.16 Å². The number of amides is 2. The molecule has 1 N–H and O–H groups in total. The fourth-order valence-corrected chi connectivity index (χ4v) is 4.08. The van der Waals surface area contributed by atoms with E-state index in [1.54, 1.807) is 47.6 Å². The quantitative estimate of drug-likeness (QED) is 0.356. The van der Waals surface area contributed by atoms with Gasteiger partial charge in [-0.05, 0) is 35.5 Å². The zero-order chi connectivity index (χ0) is 22.2. The van der Waals surface area contributed by atoms with Crippen molar-refractivity contribution in [2.24, 2.45) is 0 Å². The number of ether oxygens (including phenoxy) is 1.